The molecule has 0 radical (unpaired) electrons. The van der Waals surface area contributed by atoms with Gasteiger partial charge in [0.2, 0.25) is 5.91 Å². The molecule has 3 aromatic heterocycles. The van der Waals surface area contributed by atoms with Crippen molar-refractivity contribution < 1.29 is 4.79 Å². The van der Waals surface area contributed by atoms with E-state index in [0.29, 0.717) is 11.6 Å². The number of rotatable bonds is 4. The van der Waals surface area contributed by atoms with Crippen molar-refractivity contribution in [2.75, 3.05) is 5.32 Å². The molecule has 1 N–H and O–H groups in total. The van der Waals surface area contributed by atoms with Crippen LogP contribution in [0.1, 0.15) is 17.0 Å². The number of aromatic nitrogens is 6. The van der Waals surface area contributed by atoms with Crippen LogP contribution in [0.5, 0.6) is 0 Å². The monoisotopic (exact) mass is 311 g/mol. The minimum absolute atomic E-state index is 0.144. The fraction of sp³-hybridized carbons (Fsp3) is 0.267. The van der Waals surface area contributed by atoms with E-state index in [-0.39, 0.29) is 12.5 Å². The van der Waals surface area contributed by atoms with Gasteiger partial charge in [-0.3, -0.25) is 9.48 Å². The van der Waals surface area contributed by atoms with Gasteiger partial charge in [-0.25, -0.2) is 14.6 Å². The van der Waals surface area contributed by atoms with Crippen LogP contribution in [-0.2, 0) is 11.3 Å². The SMILES string of the molecule is Cc1nn(-c2ncc(NC(=O)Cn3cccn3)cn2)c(C)c1C. The third-order valence-corrected chi connectivity index (χ3v) is 3.63. The molecule has 0 saturated carbocycles. The van der Waals surface area contributed by atoms with Crippen molar-refractivity contribution in [1.82, 2.24) is 29.5 Å². The number of nitrogens with one attached hydrogen (secondary N) is 1. The summed E-state index contributed by atoms with van der Waals surface area (Å²) in [6.07, 6.45) is 6.48. The molecule has 0 aliphatic heterocycles. The van der Waals surface area contributed by atoms with E-state index in [1.54, 1.807) is 40.2 Å². The predicted molar refractivity (Wildman–Crippen MR) is 84.2 cm³/mol. The van der Waals surface area contributed by atoms with Crippen molar-refractivity contribution in [1.29, 1.82) is 0 Å². The zero-order valence-corrected chi connectivity index (χ0v) is 13.2. The van der Waals surface area contributed by atoms with Crippen LogP contribution in [0.25, 0.3) is 5.95 Å². The Balaban J connectivity index is 1.72. The maximum atomic E-state index is 11.9. The second-order valence-electron chi connectivity index (χ2n) is 5.23. The van der Waals surface area contributed by atoms with Gasteiger partial charge < -0.3 is 5.32 Å². The first kappa shape index (κ1) is 14.9. The van der Waals surface area contributed by atoms with Gasteiger partial charge >= 0.3 is 0 Å². The Morgan fingerprint density at radius 3 is 2.52 bits per heavy atom. The van der Waals surface area contributed by atoms with E-state index in [9.17, 15) is 4.79 Å². The molecule has 0 bridgehead atoms. The highest BCUT2D eigenvalue weighted by Gasteiger charge is 2.11. The maximum absolute atomic E-state index is 11.9. The summed E-state index contributed by atoms with van der Waals surface area (Å²) in [7, 11) is 0. The molecule has 0 atom stereocenters. The molecule has 0 unspecified atom stereocenters. The number of hydrogen-bond donors (Lipinski definition) is 1. The number of hydrogen-bond acceptors (Lipinski definition) is 5. The average Bonchev–Trinajstić information content (AvgIpc) is 3.12. The molecule has 0 saturated heterocycles. The molecule has 0 fully saturated rings. The Morgan fingerprint density at radius 1 is 1.22 bits per heavy atom. The van der Waals surface area contributed by atoms with Crippen LogP contribution in [0.2, 0.25) is 0 Å². The number of aryl methyl sites for hydroxylation is 1. The highest BCUT2D eigenvalue weighted by Crippen LogP contribution is 2.14. The molecule has 3 aromatic rings. The summed E-state index contributed by atoms with van der Waals surface area (Å²) in [5.41, 5.74) is 3.59. The molecule has 1 amide bonds. The van der Waals surface area contributed by atoms with Crippen LogP contribution in [0, 0.1) is 20.8 Å². The minimum atomic E-state index is -0.188. The standard InChI is InChI=1S/C15H17N7O/c1-10-11(2)20-22(12(10)3)15-16-7-13(8-17-15)19-14(23)9-21-6-4-5-18-21/h4-8H,9H2,1-3H3,(H,19,23). The first-order valence-corrected chi connectivity index (χ1v) is 7.17. The van der Waals surface area contributed by atoms with Crippen molar-refractivity contribution in [3.8, 4) is 5.95 Å². The van der Waals surface area contributed by atoms with Crippen LogP contribution >= 0.6 is 0 Å². The Labute approximate surface area is 133 Å². The van der Waals surface area contributed by atoms with Crippen LogP contribution in [0.15, 0.2) is 30.9 Å². The Bertz CT molecular complexity index is 818. The summed E-state index contributed by atoms with van der Waals surface area (Å²) < 4.78 is 3.24. The van der Waals surface area contributed by atoms with Crippen LogP contribution in [0.4, 0.5) is 5.69 Å². The van der Waals surface area contributed by atoms with Crippen LogP contribution in [-0.4, -0.2) is 35.4 Å². The Hall–Kier alpha value is -3.03. The molecule has 0 aliphatic rings. The average molecular weight is 311 g/mol. The van der Waals surface area contributed by atoms with E-state index in [2.05, 4.69) is 25.5 Å². The lowest BCUT2D eigenvalue weighted by atomic mass is 10.2. The van der Waals surface area contributed by atoms with E-state index < -0.39 is 0 Å². The molecule has 3 heterocycles. The molecule has 8 nitrogen and oxygen atoms in total. The Morgan fingerprint density at radius 2 is 1.96 bits per heavy atom. The molecule has 118 valence electrons. The molecule has 0 aromatic carbocycles. The number of amides is 1. The van der Waals surface area contributed by atoms with Crippen molar-refractivity contribution in [3.05, 3.63) is 47.8 Å². The van der Waals surface area contributed by atoms with Gasteiger partial charge in [-0.05, 0) is 32.4 Å². The van der Waals surface area contributed by atoms with E-state index in [1.165, 1.54) is 0 Å². The molecule has 8 heteroatoms. The van der Waals surface area contributed by atoms with E-state index in [1.807, 2.05) is 20.8 Å². The smallest absolute Gasteiger partial charge is 0.250 e. The van der Waals surface area contributed by atoms with Crippen molar-refractivity contribution in [2.24, 2.45) is 0 Å². The van der Waals surface area contributed by atoms with E-state index in [4.69, 9.17) is 0 Å². The molecule has 0 aliphatic carbocycles. The van der Waals surface area contributed by atoms with Gasteiger partial charge in [0.1, 0.15) is 6.54 Å². The molecule has 3 rings (SSSR count). The first-order valence-electron chi connectivity index (χ1n) is 7.17. The zero-order chi connectivity index (χ0) is 16.4. The number of anilines is 1. The van der Waals surface area contributed by atoms with Gasteiger partial charge in [0.05, 0.1) is 23.8 Å². The third kappa shape index (κ3) is 3.10. The fourth-order valence-electron chi connectivity index (χ4n) is 2.15. The fourth-order valence-corrected chi connectivity index (χ4v) is 2.15. The van der Waals surface area contributed by atoms with Crippen molar-refractivity contribution in [2.45, 2.75) is 27.3 Å². The first-order chi connectivity index (χ1) is 11.0. The predicted octanol–water partition coefficient (Wildman–Crippen LogP) is 1.42. The molecular weight excluding hydrogens is 294 g/mol. The normalized spacial score (nSPS) is 10.7. The van der Waals surface area contributed by atoms with Gasteiger partial charge in [0, 0.05) is 18.1 Å². The highest BCUT2D eigenvalue weighted by atomic mass is 16.2. The van der Waals surface area contributed by atoms with Gasteiger partial charge in [-0.15, -0.1) is 0 Å². The van der Waals surface area contributed by atoms with Crippen LogP contribution < -0.4 is 5.32 Å². The minimum Gasteiger partial charge on any atom is -0.322 e. The number of carbonyl (C=O) groups excluding carboxylic acids is 1. The van der Waals surface area contributed by atoms with E-state index >= 15 is 0 Å². The lowest BCUT2D eigenvalue weighted by Gasteiger charge is -2.06. The Kier molecular flexibility index (Phi) is 3.88. The third-order valence-electron chi connectivity index (χ3n) is 3.63. The van der Waals surface area contributed by atoms with Gasteiger partial charge in [0.15, 0.2) is 0 Å². The lowest BCUT2D eigenvalue weighted by molar-refractivity contribution is -0.116. The topological polar surface area (TPSA) is 90.5 Å². The summed E-state index contributed by atoms with van der Waals surface area (Å²) in [6.45, 7) is 6.07. The largest absolute Gasteiger partial charge is 0.322 e. The van der Waals surface area contributed by atoms with Crippen LogP contribution in [0.3, 0.4) is 0 Å². The highest BCUT2D eigenvalue weighted by molar-refractivity contribution is 5.90. The second kappa shape index (κ2) is 5.99. The maximum Gasteiger partial charge on any atom is 0.250 e. The summed E-state index contributed by atoms with van der Waals surface area (Å²) in [4.78, 5) is 20.4. The van der Waals surface area contributed by atoms with Crippen molar-refractivity contribution >= 4 is 11.6 Å². The van der Waals surface area contributed by atoms with Crippen molar-refractivity contribution in [3.63, 3.8) is 0 Å². The summed E-state index contributed by atoms with van der Waals surface area (Å²) in [6, 6.07) is 1.77. The summed E-state index contributed by atoms with van der Waals surface area (Å²) in [5.74, 6) is 0.288. The molecule has 23 heavy (non-hydrogen) atoms. The van der Waals surface area contributed by atoms with E-state index in [0.717, 1.165) is 17.0 Å². The van der Waals surface area contributed by atoms with Gasteiger partial charge in [-0.1, -0.05) is 0 Å². The molecular formula is C15H17N7O. The lowest BCUT2D eigenvalue weighted by Crippen LogP contribution is -2.19. The quantitative estimate of drug-likeness (QED) is 0.787. The summed E-state index contributed by atoms with van der Waals surface area (Å²) >= 11 is 0. The summed E-state index contributed by atoms with van der Waals surface area (Å²) in [5, 5.41) is 11.1. The number of carbonyl (C=O) groups is 1. The number of nitrogens with zero attached hydrogens (tertiary/aromatic N) is 6. The van der Waals surface area contributed by atoms with Gasteiger partial charge in [0.25, 0.3) is 5.95 Å². The van der Waals surface area contributed by atoms with Gasteiger partial charge in [-0.2, -0.15) is 10.2 Å². The zero-order valence-electron chi connectivity index (χ0n) is 13.2. The second-order valence-corrected chi connectivity index (χ2v) is 5.23. The molecule has 0 spiro atoms.